The fourth-order valence-electron chi connectivity index (χ4n) is 1.51. The Balaban J connectivity index is 2.93. The molecule has 0 spiro atoms. The molecular weight excluding hydrogens is 314 g/mol. The van der Waals surface area contributed by atoms with Gasteiger partial charge in [-0.05, 0) is 30.5 Å². The zero-order valence-corrected chi connectivity index (χ0v) is 12.2. The second-order valence-electron chi connectivity index (χ2n) is 4.03. The zero-order valence-electron chi connectivity index (χ0n) is 9.07. The Labute approximate surface area is 114 Å². The van der Waals surface area contributed by atoms with Crippen LogP contribution in [0.1, 0.15) is 18.9 Å². The molecule has 0 aromatic heterocycles. The molecule has 0 aliphatic heterocycles. The molecule has 0 N–H and O–H groups in total. The summed E-state index contributed by atoms with van der Waals surface area (Å²) >= 11 is 15.3. The van der Waals surface area contributed by atoms with Crippen molar-refractivity contribution in [2.45, 2.75) is 19.8 Å². The van der Waals surface area contributed by atoms with Crippen molar-refractivity contribution in [3.63, 3.8) is 0 Å². The number of benzene rings is 1. The highest BCUT2D eigenvalue weighted by atomic mass is 79.9. The number of halogens is 4. The minimum atomic E-state index is -0.241. The first kappa shape index (κ1) is 14.3. The third kappa shape index (κ3) is 3.35. The molecule has 0 atom stereocenters. The Kier molecular flexibility index (Phi) is 5.55. The van der Waals surface area contributed by atoms with Gasteiger partial charge in [-0.15, -0.1) is 23.2 Å². The van der Waals surface area contributed by atoms with E-state index in [-0.39, 0.29) is 11.2 Å². The first-order valence-electron chi connectivity index (χ1n) is 5.13. The van der Waals surface area contributed by atoms with Gasteiger partial charge in [0.15, 0.2) is 0 Å². The molecule has 0 bridgehead atoms. The van der Waals surface area contributed by atoms with E-state index in [1.165, 1.54) is 12.1 Å². The van der Waals surface area contributed by atoms with E-state index in [0.717, 1.165) is 22.9 Å². The molecule has 4 heteroatoms. The zero-order chi connectivity index (χ0) is 12.2. The standard InChI is InChI=1S/C12H14BrCl2F/c1-2-12(7-14,8-15)6-9-3-4-10(16)5-11(9)13/h3-5H,2,6-8H2,1H3. The maximum absolute atomic E-state index is 12.9. The van der Waals surface area contributed by atoms with Crippen LogP contribution in [-0.2, 0) is 6.42 Å². The first-order valence-corrected chi connectivity index (χ1v) is 6.99. The van der Waals surface area contributed by atoms with Gasteiger partial charge in [0.05, 0.1) is 0 Å². The van der Waals surface area contributed by atoms with Gasteiger partial charge in [0.2, 0.25) is 0 Å². The molecule has 0 unspecified atom stereocenters. The van der Waals surface area contributed by atoms with Gasteiger partial charge in [-0.3, -0.25) is 0 Å². The molecule has 0 heterocycles. The number of alkyl halides is 2. The third-order valence-electron chi connectivity index (χ3n) is 2.90. The van der Waals surface area contributed by atoms with Gasteiger partial charge >= 0.3 is 0 Å². The van der Waals surface area contributed by atoms with Crippen molar-refractivity contribution in [2.24, 2.45) is 5.41 Å². The molecule has 0 fully saturated rings. The molecule has 1 rings (SSSR count). The highest BCUT2D eigenvalue weighted by Crippen LogP contribution is 2.33. The van der Waals surface area contributed by atoms with Crippen LogP contribution in [0.4, 0.5) is 4.39 Å². The van der Waals surface area contributed by atoms with Gasteiger partial charge in [-0.25, -0.2) is 4.39 Å². The molecule has 16 heavy (non-hydrogen) atoms. The van der Waals surface area contributed by atoms with Crippen molar-refractivity contribution in [1.82, 2.24) is 0 Å². The predicted molar refractivity (Wildman–Crippen MR) is 72.0 cm³/mol. The number of hydrogen-bond acceptors (Lipinski definition) is 0. The van der Waals surface area contributed by atoms with E-state index in [9.17, 15) is 4.39 Å². The average Bonchev–Trinajstić information content (AvgIpc) is 2.29. The van der Waals surface area contributed by atoms with Crippen LogP contribution in [0.3, 0.4) is 0 Å². The van der Waals surface area contributed by atoms with Gasteiger partial charge in [0.1, 0.15) is 5.82 Å². The van der Waals surface area contributed by atoms with E-state index < -0.39 is 0 Å². The Bertz CT molecular complexity index is 343. The molecule has 90 valence electrons. The first-order chi connectivity index (χ1) is 7.56. The monoisotopic (exact) mass is 326 g/mol. The summed E-state index contributed by atoms with van der Waals surface area (Å²) in [5.74, 6) is 0.780. The van der Waals surface area contributed by atoms with Crippen molar-refractivity contribution in [1.29, 1.82) is 0 Å². The second-order valence-corrected chi connectivity index (χ2v) is 5.42. The highest BCUT2D eigenvalue weighted by molar-refractivity contribution is 9.10. The molecule has 0 saturated heterocycles. The van der Waals surface area contributed by atoms with Gasteiger partial charge in [0, 0.05) is 21.6 Å². The van der Waals surface area contributed by atoms with Crippen LogP contribution in [0, 0.1) is 11.2 Å². The van der Waals surface area contributed by atoms with Crippen molar-refractivity contribution in [3.05, 3.63) is 34.1 Å². The SMILES string of the molecule is CCC(CCl)(CCl)Cc1ccc(F)cc1Br. The number of hydrogen-bond donors (Lipinski definition) is 0. The fraction of sp³-hybridized carbons (Fsp3) is 0.500. The quantitative estimate of drug-likeness (QED) is 0.667. The van der Waals surface area contributed by atoms with Crippen molar-refractivity contribution in [3.8, 4) is 0 Å². The van der Waals surface area contributed by atoms with Crippen LogP contribution in [0.5, 0.6) is 0 Å². The molecule has 0 saturated carbocycles. The molecular formula is C12H14BrCl2F. The summed E-state index contributed by atoms with van der Waals surface area (Å²) < 4.78 is 13.7. The van der Waals surface area contributed by atoms with Crippen molar-refractivity contribution in [2.75, 3.05) is 11.8 Å². The second kappa shape index (κ2) is 6.23. The summed E-state index contributed by atoms with van der Waals surface area (Å²) in [4.78, 5) is 0. The van der Waals surface area contributed by atoms with Gasteiger partial charge < -0.3 is 0 Å². The maximum Gasteiger partial charge on any atom is 0.124 e. The lowest BCUT2D eigenvalue weighted by molar-refractivity contribution is 0.361. The van der Waals surface area contributed by atoms with E-state index in [1.807, 2.05) is 0 Å². The van der Waals surface area contributed by atoms with E-state index >= 15 is 0 Å². The summed E-state index contributed by atoms with van der Waals surface area (Å²) in [7, 11) is 0. The molecule has 0 radical (unpaired) electrons. The van der Waals surface area contributed by atoms with Crippen LogP contribution >= 0.6 is 39.1 Å². The topological polar surface area (TPSA) is 0 Å². The van der Waals surface area contributed by atoms with E-state index in [4.69, 9.17) is 23.2 Å². The van der Waals surface area contributed by atoms with E-state index in [0.29, 0.717) is 11.8 Å². The minimum Gasteiger partial charge on any atom is -0.207 e. The van der Waals surface area contributed by atoms with E-state index in [2.05, 4.69) is 22.9 Å². The molecule has 1 aromatic carbocycles. The number of rotatable bonds is 5. The van der Waals surface area contributed by atoms with Crippen LogP contribution in [0.25, 0.3) is 0 Å². The summed E-state index contributed by atoms with van der Waals surface area (Å²) in [6.07, 6.45) is 1.67. The lowest BCUT2D eigenvalue weighted by Gasteiger charge is -2.28. The summed E-state index contributed by atoms with van der Waals surface area (Å²) in [6.45, 7) is 2.07. The molecule has 0 amide bonds. The molecule has 1 aromatic rings. The Morgan fingerprint density at radius 1 is 1.31 bits per heavy atom. The van der Waals surface area contributed by atoms with Gasteiger partial charge in [-0.1, -0.05) is 28.9 Å². The normalized spacial score (nSPS) is 11.8. The third-order valence-corrected chi connectivity index (χ3v) is 4.77. The lowest BCUT2D eigenvalue weighted by Crippen LogP contribution is -2.27. The molecule has 0 nitrogen and oxygen atoms in total. The molecule has 0 aliphatic rings. The predicted octanol–water partition coefficient (Wildman–Crippen LogP) is 5.00. The highest BCUT2D eigenvalue weighted by Gasteiger charge is 2.27. The average molecular weight is 328 g/mol. The molecule has 0 aliphatic carbocycles. The largest absolute Gasteiger partial charge is 0.207 e. The summed E-state index contributed by atoms with van der Waals surface area (Å²) in [6, 6.07) is 4.71. The van der Waals surface area contributed by atoms with Gasteiger partial charge in [-0.2, -0.15) is 0 Å². The van der Waals surface area contributed by atoms with E-state index in [1.54, 1.807) is 6.07 Å². The minimum absolute atomic E-state index is 0.108. The van der Waals surface area contributed by atoms with Crippen LogP contribution < -0.4 is 0 Å². The van der Waals surface area contributed by atoms with Gasteiger partial charge in [0.25, 0.3) is 0 Å². The fourth-order valence-corrected chi connectivity index (χ4v) is 2.86. The van der Waals surface area contributed by atoms with Crippen LogP contribution in [-0.4, -0.2) is 11.8 Å². The Morgan fingerprint density at radius 3 is 2.38 bits per heavy atom. The Morgan fingerprint density at radius 2 is 1.94 bits per heavy atom. The van der Waals surface area contributed by atoms with Crippen molar-refractivity contribution < 1.29 is 4.39 Å². The lowest BCUT2D eigenvalue weighted by atomic mass is 9.83. The maximum atomic E-state index is 12.9. The Hall–Kier alpha value is 0.210. The smallest absolute Gasteiger partial charge is 0.124 e. The van der Waals surface area contributed by atoms with Crippen molar-refractivity contribution >= 4 is 39.1 Å². The van der Waals surface area contributed by atoms with Crippen LogP contribution in [0.15, 0.2) is 22.7 Å². The van der Waals surface area contributed by atoms with Crippen LogP contribution in [0.2, 0.25) is 0 Å². The summed E-state index contributed by atoms with van der Waals surface area (Å²) in [5.41, 5.74) is 0.938. The summed E-state index contributed by atoms with van der Waals surface area (Å²) in [5, 5.41) is 0.